The highest BCUT2D eigenvalue weighted by atomic mass is 15.0. The molecule has 0 saturated heterocycles. The van der Waals surface area contributed by atoms with E-state index in [1.807, 2.05) is 0 Å². The van der Waals surface area contributed by atoms with Crippen LogP contribution in [0.4, 0.5) is 0 Å². The number of benzene rings is 7. The summed E-state index contributed by atoms with van der Waals surface area (Å²) >= 11 is 0. The second-order valence-electron chi connectivity index (χ2n) is 14.6. The van der Waals surface area contributed by atoms with E-state index in [9.17, 15) is 0 Å². The third-order valence-electron chi connectivity index (χ3n) is 11.3. The molecule has 11 rings (SSSR count). The molecule has 3 heterocycles. The molecule has 250 valence electrons. The van der Waals surface area contributed by atoms with Crippen molar-refractivity contribution < 1.29 is 0 Å². The summed E-state index contributed by atoms with van der Waals surface area (Å²) in [5, 5.41) is 4.92. The standard InChI is InChI=1S/C49H34N4/c1-49(2)39-25-13-9-23-35(39)47-45(49)46(31-17-5-3-6-18-31)50-48(51-47)36-24-12-16-28-42(36)53-41-27-15-11-22-34(41)38-29-37-33-21-10-14-26-40(33)52(43(37)30-44(38)53)32-19-7-4-8-20-32/h3-30H,1-2H3. The van der Waals surface area contributed by atoms with Crippen LogP contribution in [0.25, 0.3) is 88.9 Å². The highest BCUT2D eigenvalue weighted by Gasteiger charge is 2.40. The Kier molecular flexibility index (Phi) is 6.27. The number of hydrogen-bond donors (Lipinski definition) is 0. The van der Waals surface area contributed by atoms with Gasteiger partial charge in [-0.2, -0.15) is 0 Å². The van der Waals surface area contributed by atoms with Crippen molar-refractivity contribution in [3.8, 4) is 45.3 Å². The molecule has 0 aliphatic heterocycles. The first kappa shape index (κ1) is 29.9. The van der Waals surface area contributed by atoms with Gasteiger partial charge in [-0.15, -0.1) is 0 Å². The van der Waals surface area contributed by atoms with Gasteiger partial charge in [0.15, 0.2) is 5.82 Å². The summed E-state index contributed by atoms with van der Waals surface area (Å²) < 4.78 is 4.82. The van der Waals surface area contributed by atoms with E-state index < -0.39 is 0 Å². The first-order valence-electron chi connectivity index (χ1n) is 18.3. The van der Waals surface area contributed by atoms with Crippen molar-refractivity contribution in [1.29, 1.82) is 0 Å². The maximum absolute atomic E-state index is 5.50. The summed E-state index contributed by atoms with van der Waals surface area (Å²) in [7, 11) is 0. The van der Waals surface area contributed by atoms with Crippen LogP contribution in [0, 0.1) is 0 Å². The average Bonchev–Trinajstić information content (AvgIpc) is 3.80. The first-order chi connectivity index (χ1) is 26.1. The molecule has 0 atom stereocenters. The zero-order valence-corrected chi connectivity index (χ0v) is 29.5. The Morgan fingerprint density at radius 2 is 0.981 bits per heavy atom. The van der Waals surface area contributed by atoms with Crippen molar-refractivity contribution in [3.63, 3.8) is 0 Å². The van der Waals surface area contributed by atoms with Gasteiger partial charge in [0.05, 0.1) is 39.1 Å². The maximum atomic E-state index is 5.50. The topological polar surface area (TPSA) is 35.6 Å². The van der Waals surface area contributed by atoms with Crippen LogP contribution in [0.2, 0.25) is 0 Å². The minimum Gasteiger partial charge on any atom is -0.309 e. The van der Waals surface area contributed by atoms with Crippen molar-refractivity contribution >= 4 is 43.6 Å². The second-order valence-corrected chi connectivity index (χ2v) is 14.6. The Hall–Kier alpha value is -6.78. The van der Waals surface area contributed by atoms with Crippen LogP contribution in [0.5, 0.6) is 0 Å². The molecule has 0 bridgehead atoms. The molecule has 0 unspecified atom stereocenters. The lowest BCUT2D eigenvalue weighted by Gasteiger charge is -2.24. The molecule has 10 aromatic rings. The molecule has 0 saturated carbocycles. The molecule has 3 aromatic heterocycles. The number of rotatable bonds is 4. The van der Waals surface area contributed by atoms with Gasteiger partial charge in [0.2, 0.25) is 0 Å². The normalized spacial score (nSPS) is 13.2. The maximum Gasteiger partial charge on any atom is 0.162 e. The lowest BCUT2D eigenvalue weighted by Crippen LogP contribution is -2.17. The minimum atomic E-state index is -0.245. The quantitative estimate of drug-likeness (QED) is 0.186. The Balaban J connectivity index is 1.23. The summed E-state index contributed by atoms with van der Waals surface area (Å²) in [4.78, 5) is 11.0. The molecule has 1 aliphatic carbocycles. The van der Waals surface area contributed by atoms with Gasteiger partial charge in [-0.05, 0) is 54.1 Å². The Morgan fingerprint density at radius 3 is 1.72 bits per heavy atom. The van der Waals surface area contributed by atoms with Gasteiger partial charge in [-0.1, -0.05) is 135 Å². The molecule has 0 radical (unpaired) electrons. The molecule has 0 fully saturated rings. The van der Waals surface area contributed by atoms with Crippen molar-refractivity contribution in [1.82, 2.24) is 19.1 Å². The van der Waals surface area contributed by atoms with Crippen LogP contribution in [-0.4, -0.2) is 19.1 Å². The first-order valence-corrected chi connectivity index (χ1v) is 18.3. The Labute approximate surface area is 307 Å². The number of nitrogens with zero attached hydrogens (tertiary/aromatic N) is 4. The Morgan fingerprint density at radius 1 is 0.434 bits per heavy atom. The predicted octanol–water partition coefficient (Wildman–Crippen LogP) is 12.3. The van der Waals surface area contributed by atoms with E-state index in [1.165, 1.54) is 49.3 Å². The molecule has 4 heteroatoms. The van der Waals surface area contributed by atoms with Gasteiger partial charge < -0.3 is 9.13 Å². The number of fused-ring (bicyclic) bond motifs is 9. The zero-order valence-electron chi connectivity index (χ0n) is 29.5. The number of aromatic nitrogens is 4. The molecule has 0 N–H and O–H groups in total. The van der Waals surface area contributed by atoms with Crippen LogP contribution >= 0.6 is 0 Å². The summed E-state index contributed by atoms with van der Waals surface area (Å²) in [6.45, 7) is 4.60. The third-order valence-corrected chi connectivity index (χ3v) is 11.3. The molecular weight excluding hydrogens is 645 g/mol. The molecular formula is C49H34N4. The fraction of sp³-hybridized carbons (Fsp3) is 0.0612. The van der Waals surface area contributed by atoms with Crippen LogP contribution < -0.4 is 0 Å². The molecule has 7 aromatic carbocycles. The van der Waals surface area contributed by atoms with Crippen LogP contribution in [-0.2, 0) is 5.41 Å². The SMILES string of the molecule is CC1(C)c2ccccc2-c2nc(-c3ccccc3-n3c4ccccc4c4cc5c6ccccc6n(-c6ccccc6)c5cc43)nc(-c3ccccc3)c21. The van der Waals surface area contributed by atoms with Crippen LogP contribution in [0.1, 0.15) is 25.0 Å². The van der Waals surface area contributed by atoms with E-state index in [0.717, 1.165) is 50.7 Å². The van der Waals surface area contributed by atoms with Gasteiger partial charge in [-0.3, -0.25) is 0 Å². The third kappa shape index (κ3) is 4.24. The van der Waals surface area contributed by atoms with E-state index in [-0.39, 0.29) is 5.41 Å². The fourth-order valence-corrected chi connectivity index (χ4v) is 8.95. The van der Waals surface area contributed by atoms with Crippen molar-refractivity contribution in [3.05, 3.63) is 181 Å². The second kappa shape index (κ2) is 11.1. The average molecular weight is 679 g/mol. The van der Waals surface area contributed by atoms with Gasteiger partial charge in [0.25, 0.3) is 0 Å². The largest absolute Gasteiger partial charge is 0.309 e. The summed E-state index contributed by atoms with van der Waals surface area (Å²) in [5.74, 6) is 0.719. The minimum absolute atomic E-state index is 0.245. The molecule has 53 heavy (non-hydrogen) atoms. The van der Waals surface area contributed by atoms with Crippen molar-refractivity contribution in [2.75, 3.05) is 0 Å². The summed E-state index contributed by atoms with van der Waals surface area (Å²) in [6, 6.07) is 60.9. The van der Waals surface area contributed by atoms with Gasteiger partial charge >= 0.3 is 0 Å². The van der Waals surface area contributed by atoms with Crippen molar-refractivity contribution in [2.24, 2.45) is 0 Å². The van der Waals surface area contributed by atoms with Crippen molar-refractivity contribution in [2.45, 2.75) is 19.3 Å². The van der Waals surface area contributed by atoms with E-state index >= 15 is 0 Å². The lowest BCUT2D eigenvalue weighted by molar-refractivity contribution is 0.658. The number of hydrogen-bond acceptors (Lipinski definition) is 2. The predicted molar refractivity (Wildman–Crippen MR) is 219 cm³/mol. The van der Waals surface area contributed by atoms with Gasteiger partial charge in [0.1, 0.15) is 0 Å². The molecule has 0 spiro atoms. The highest BCUT2D eigenvalue weighted by Crippen LogP contribution is 2.51. The lowest BCUT2D eigenvalue weighted by atomic mass is 9.81. The van der Waals surface area contributed by atoms with Gasteiger partial charge in [-0.25, -0.2) is 9.97 Å². The van der Waals surface area contributed by atoms with E-state index in [1.54, 1.807) is 0 Å². The highest BCUT2D eigenvalue weighted by molar-refractivity contribution is 6.19. The summed E-state index contributed by atoms with van der Waals surface area (Å²) in [6.07, 6.45) is 0. The van der Waals surface area contributed by atoms with E-state index in [0.29, 0.717) is 0 Å². The Bertz CT molecular complexity index is 3080. The molecule has 1 aliphatic rings. The van der Waals surface area contributed by atoms with E-state index in [4.69, 9.17) is 9.97 Å². The zero-order chi connectivity index (χ0) is 35.3. The monoisotopic (exact) mass is 678 g/mol. The van der Waals surface area contributed by atoms with E-state index in [2.05, 4.69) is 193 Å². The molecule has 4 nitrogen and oxygen atoms in total. The number of para-hydroxylation sites is 4. The van der Waals surface area contributed by atoms with Crippen LogP contribution in [0.15, 0.2) is 170 Å². The van der Waals surface area contributed by atoms with Gasteiger partial charge in [0, 0.05) is 54.9 Å². The van der Waals surface area contributed by atoms with Crippen LogP contribution in [0.3, 0.4) is 0 Å². The molecule has 0 amide bonds. The smallest absolute Gasteiger partial charge is 0.162 e. The fourth-order valence-electron chi connectivity index (χ4n) is 8.95. The summed E-state index contributed by atoms with van der Waals surface area (Å²) in [5.41, 5.74) is 14.3.